The fourth-order valence-corrected chi connectivity index (χ4v) is 2.94. The van der Waals surface area contributed by atoms with Crippen LogP contribution in [0.3, 0.4) is 0 Å². The molecule has 1 aromatic carbocycles. The number of hydrogen-bond donors (Lipinski definition) is 0. The largest absolute Gasteiger partial charge is 0.486 e. The average Bonchev–Trinajstić information content (AvgIpc) is 3.16. The van der Waals surface area contributed by atoms with Gasteiger partial charge in [-0.1, -0.05) is 25.0 Å². The van der Waals surface area contributed by atoms with Crippen LogP contribution in [-0.4, -0.2) is 16.1 Å². The van der Waals surface area contributed by atoms with E-state index in [1.807, 2.05) is 31.3 Å². The van der Waals surface area contributed by atoms with Crippen molar-refractivity contribution in [3.05, 3.63) is 47.3 Å². The molecule has 0 radical (unpaired) electrons. The quantitative estimate of drug-likeness (QED) is 0.786. The molecule has 2 aromatic rings. The second-order valence-electron chi connectivity index (χ2n) is 5.63. The number of carbonyl (C=O) groups excluding carboxylic acids is 1. The van der Waals surface area contributed by atoms with E-state index in [4.69, 9.17) is 4.74 Å². The van der Waals surface area contributed by atoms with Crippen molar-refractivity contribution in [2.75, 3.05) is 0 Å². The molecule has 0 aliphatic heterocycles. The van der Waals surface area contributed by atoms with Crippen LogP contribution in [-0.2, 0) is 6.61 Å². The molecule has 1 saturated carbocycles. The van der Waals surface area contributed by atoms with Crippen molar-refractivity contribution in [3.63, 3.8) is 0 Å². The van der Waals surface area contributed by atoms with Crippen LogP contribution in [0.2, 0.25) is 0 Å². The Labute approximate surface area is 124 Å². The van der Waals surface area contributed by atoms with E-state index in [2.05, 4.69) is 9.78 Å². The number of aldehydes is 1. The zero-order valence-electron chi connectivity index (χ0n) is 12.3. The molecule has 1 aromatic heterocycles. The molecule has 0 amide bonds. The molecular weight excluding hydrogens is 264 g/mol. The topological polar surface area (TPSA) is 44.1 Å². The maximum Gasteiger partial charge on any atom is 0.153 e. The van der Waals surface area contributed by atoms with Crippen LogP contribution in [0.1, 0.15) is 53.3 Å². The van der Waals surface area contributed by atoms with Crippen LogP contribution in [0.25, 0.3) is 0 Å². The van der Waals surface area contributed by atoms with E-state index in [-0.39, 0.29) is 0 Å². The predicted octanol–water partition coefficient (Wildman–Crippen LogP) is 3.70. The van der Waals surface area contributed by atoms with Crippen molar-refractivity contribution in [2.45, 2.75) is 45.3 Å². The lowest BCUT2D eigenvalue weighted by molar-refractivity contribution is 0.111. The van der Waals surface area contributed by atoms with E-state index in [0.717, 1.165) is 17.5 Å². The summed E-state index contributed by atoms with van der Waals surface area (Å²) in [6.45, 7) is 2.34. The first-order valence-corrected chi connectivity index (χ1v) is 7.49. The van der Waals surface area contributed by atoms with E-state index in [1.165, 1.54) is 25.7 Å². The standard InChI is InChI=1S/C17H20N2O2/c1-13-5-4-6-14(11-20)17(13)21-12-15-9-10-19(18-15)16-7-2-3-8-16/h4-6,9-11,16H,2-3,7-8,12H2,1H3. The van der Waals surface area contributed by atoms with Crippen LogP contribution >= 0.6 is 0 Å². The minimum atomic E-state index is 0.394. The summed E-state index contributed by atoms with van der Waals surface area (Å²) >= 11 is 0. The fourth-order valence-electron chi connectivity index (χ4n) is 2.94. The molecule has 4 nitrogen and oxygen atoms in total. The molecule has 0 N–H and O–H groups in total. The van der Waals surface area contributed by atoms with Gasteiger partial charge in [-0.15, -0.1) is 0 Å². The number of aromatic nitrogens is 2. The normalized spacial score (nSPS) is 15.3. The lowest BCUT2D eigenvalue weighted by Crippen LogP contribution is -2.07. The van der Waals surface area contributed by atoms with Crippen molar-refractivity contribution in [1.29, 1.82) is 0 Å². The summed E-state index contributed by atoms with van der Waals surface area (Å²) in [5.74, 6) is 0.655. The maximum atomic E-state index is 11.1. The Balaban J connectivity index is 1.69. The predicted molar refractivity (Wildman–Crippen MR) is 80.6 cm³/mol. The summed E-state index contributed by atoms with van der Waals surface area (Å²) in [5.41, 5.74) is 2.46. The van der Waals surface area contributed by atoms with Gasteiger partial charge >= 0.3 is 0 Å². The van der Waals surface area contributed by atoms with Gasteiger partial charge in [0, 0.05) is 6.20 Å². The third kappa shape index (κ3) is 2.99. The summed E-state index contributed by atoms with van der Waals surface area (Å²) in [6.07, 6.45) is 7.89. The molecule has 0 spiro atoms. The lowest BCUT2D eigenvalue weighted by Gasteiger charge is -2.11. The molecule has 0 atom stereocenters. The SMILES string of the molecule is Cc1cccc(C=O)c1OCc1ccn(C2CCCC2)n1. The molecule has 0 unspecified atom stereocenters. The molecule has 1 aliphatic carbocycles. The average molecular weight is 284 g/mol. The Morgan fingerprint density at radius 3 is 2.90 bits per heavy atom. The maximum absolute atomic E-state index is 11.1. The highest BCUT2D eigenvalue weighted by Crippen LogP contribution is 2.29. The minimum Gasteiger partial charge on any atom is -0.486 e. The van der Waals surface area contributed by atoms with E-state index >= 15 is 0 Å². The zero-order chi connectivity index (χ0) is 14.7. The highest BCUT2D eigenvalue weighted by Gasteiger charge is 2.17. The Morgan fingerprint density at radius 1 is 1.33 bits per heavy atom. The molecule has 1 heterocycles. The van der Waals surface area contributed by atoms with Gasteiger partial charge in [-0.2, -0.15) is 5.10 Å². The second-order valence-corrected chi connectivity index (χ2v) is 5.63. The van der Waals surface area contributed by atoms with Gasteiger partial charge < -0.3 is 4.74 Å². The van der Waals surface area contributed by atoms with Gasteiger partial charge in [0.05, 0.1) is 17.3 Å². The van der Waals surface area contributed by atoms with E-state index in [1.54, 1.807) is 6.07 Å². The Bertz CT molecular complexity index is 627. The van der Waals surface area contributed by atoms with E-state index < -0.39 is 0 Å². The molecule has 0 bridgehead atoms. The molecule has 110 valence electrons. The number of carbonyl (C=O) groups is 1. The molecule has 21 heavy (non-hydrogen) atoms. The van der Waals surface area contributed by atoms with Crippen LogP contribution in [0.15, 0.2) is 30.5 Å². The van der Waals surface area contributed by atoms with Crippen LogP contribution in [0, 0.1) is 6.92 Å². The number of aryl methyl sites for hydroxylation is 1. The second kappa shape index (κ2) is 6.12. The van der Waals surface area contributed by atoms with Gasteiger partial charge in [0.15, 0.2) is 6.29 Å². The van der Waals surface area contributed by atoms with Crippen molar-refractivity contribution < 1.29 is 9.53 Å². The summed E-state index contributed by atoms with van der Waals surface area (Å²) in [6, 6.07) is 8.12. The fraction of sp³-hybridized carbons (Fsp3) is 0.412. The summed E-state index contributed by atoms with van der Waals surface area (Å²) in [5, 5.41) is 4.60. The van der Waals surface area contributed by atoms with E-state index in [0.29, 0.717) is 24.0 Å². The lowest BCUT2D eigenvalue weighted by atomic mass is 10.1. The molecule has 0 saturated heterocycles. The number of hydrogen-bond acceptors (Lipinski definition) is 3. The van der Waals surface area contributed by atoms with Crippen LogP contribution in [0.5, 0.6) is 5.75 Å². The third-order valence-corrected chi connectivity index (χ3v) is 4.10. The summed E-state index contributed by atoms with van der Waals surface area (Å²) < 4.78 is 7.87. The van der Waals surface area contributed by atoms with Gasteiger partial charge in [-0.3, -0.25) is 9.48 Å². The smallest absolute Gasteiger partial charge is 0.153 e. The third-order valence-electron chi connectivity index (χ3n) is 4.10. The molecule has 1 fully saturated rings. The number of ether oxygens (including phenoxy) is 1. The van der Waals surface area contributed by atoms with Gasteiger partial charge in [-0.05, 0) is 37.5 Å². The zero-order valence-corrected chi connectivity index (χ0v) is 12.3. The summed E-state index contributed by atoms with van der Waals surface area (Å²) in [7, 11) is 0. The Morgan fingerprint density at radius 2 is 2.14 bits per heavy atom. The van der Waals surface area contributed by atoms with E-state index in [9.17, 15) is 4.79 Å². The molecule has 1 aliphatic rings. The van der Waals surface area contributed by atoms with Crippen LogP contribution in [0.4, 0.5) is 0 Å². The molecule has 4 heteroatoms. The highest BCUT2D eigenvalue weighted by molar-refractivity contribution is 5.80. The van der Waals surface area contributed by atoms with Crippen molar-refractivity contribution in [1.82, 2.24) is 9.78 Å². The van der Waals surface area contributed by atoms with Crippen LogP contribution < -0.4 is 4.74 Å². The highest BCUT2D eigenvalue weighted by atomic mass is 16.5. The number of nitrogens with zero attached hydrogens (tertiary/aromatic N) is 2. The van der Waals surface area contributed by atoms with Crippen molar-refractivity contribution in [2.24, 2.45) is 0 Å². The first-order chi connectivity index (χ1) is 10.3. The monoisotopic (exact) mass is 284 g/mol. The number of para-hydroxylation sites is 1. The number of rotatable bonds is 5. The Kier molecular flexibility index (Phi) is 4.04. The van der Waals surface area contributed by atoms with Crippen molar-refractivity contribution in [3.8, 4) is 5.75 Å². The van der Waals surface area contributed by atoms with Gasteiger partial charge in [0.1, 0.15) is 12.4 Å². The number of benzene rings is 1. The first-order valence-electron chi connectivity index (χ1n) is 7.49. The van der Waals surface area contributed by atoms with Crippen molar-refractivity contribution >= 4 is 6.29 Å². The van der Waals surface area contributed by atoms with Gasteiger partial charge in [-0.25, -0.2) is 0 Å². The molecular formula is C17H20N2O2. The summed E-state index contributed by atoms with van der Waals surface area (Å²) in [4.78, 5) is 11.1. The minimum absolute atomic E-state index is 0.394. The first kappa shape index (κ1) is 13.9. The van der Waals surface area contributed by atoms with Gasteiger partial charge in [0.25, 0.3) is 0 Å². The Hall–Kier alpha value is -2.10. The molecule has 3 rings (SSSR count). The van der Waals surface area contributed by atoms with Gasteiger partial charge in [0.2, 0.25) is 0 Å².